The summed E-state index contributed by atoms with van der Waals surface area (Å²) in [6.07, 6.45) is 0.0972. The SMILES string of the molecule is COC(=O)C(NC(=O)Cc1ccccc1Cl)c1ccccc1. The van der Waals surface area contributed by atoms with Crippen LogP contribution in [0.3, 0.4) is 0 Å². The first-order valence-electron chi connectivity index (χ1n) is 6.77. The van der Waals surface area contributed by atoms with Gasteiger partial charge in [-0.25, -0.2) is 4.79 Å². The normalized spacial score (nSPS) is 11.5. The Morgan fingerprint density at radius 1 is 1.09 bits per heavy atom. The van der Waals surface area contributed by atoms with Gasteiger partial charge in [0.2, 0.25) is 5.91 Å². The molecule has 1 unspecified atom stereocenters. The van der Waals surface area contributed by atoms with E-state index in [1.807, 2.05) is 12.1 Å². The number of benzene rings is 2. The highest BCUT2D eigenvalue weighted by Crippen LogP contribution is 2.17. The first-order valence-corrected chi connectivity index (χ1v) is 7.15. The van der Waals surface area contributed by atoms with E-state index in [2.05, 4.69) is 5.32 Å². The van der Waals surface area contributed by atoms with Gasteiger partial charge in [0.25, 0.3) is 0 Å². The van der Waals surface area contributed by atoms with Crippen LogP contribution in [0, 0.1) is 0 Å². The van der Waals surface area contributed by atoms with Crippen molar-refractivity contribution < 1.29 is 14.3 Å². The molecule has 1 N–H and O–H groups in total. The molecule has 0 heterocycles. The average molecular weight is 318 g/mol. The highest BCUT2D eigenvalue weighted by molar-refractivity contribution is 6.31. The van der Waals surface area contributed by atoms with E-state index in [0.717, 1.165) is 0 Å². The van der Waals surface area contributed by atoms with E-state index in [4.69, 9.17) is 16.3 Å². The van der Waals surface area contributed by atoms with Crippen LogP contribution in [0.25, 0.3) is 0 Å². The molecule has 4 nitrogen and oxygen atoms in total. The Morgan fingerprint density at radius 3 is 2.36 bits per heavy atom. The zero-order chi connectivity index (χ0) is 15.9. The van der Waals surface area contributed by atoms with Crippen molar-refractivity contribution in [1.82, 2.24) is 5.32 Å². The summed E-state index contributed by atoms with van der Waals surface area (Å²) in [7, 11) is 1.29. The molecule has 114 valence electrons. The molecule has 0 aliphatic rings. The van der Waals surface area contributed by atoms with Crippen molar-refractivity contribution in [2.45, 2.75) is 12.5 Å². The summed E-state index contributed by atoms with van der Waals surface area (Å²) in [6, 6.07) is 15.2. The van der Waals surface area contributed by atoms with E-state index in [1.54, 1.807) is 42.5 Å². The van der Waals surface area contributed by atoms with Crippen LogP contribution < -0.4 is 5.32 Å². The van der Waals surface area contributed by atoms with Crippen LogP contribution in [-0.2, 0) is 20.7 Å². The molecule has 0 aromatic heterocycles. The molecule has 1 amide bonds. The summed E-state index contributed by atoms with van der Waals surface area (Å²) in [5.41, 5.74) is 1.38. The molecular weight excluding hydrogens is 302 g/mol. The predicted octanol–water partition coefficient (Wildman–Crippen LogP) is 2.91. The molecule has 0 saturated heterocycles. The number of hydrogen-bond donors (Lipinski definition) is 1. The van der Waals surface area contributed by atoms with Crippen LogP contribution in [-0.4, -0.2) is 19.0 Å². The maximum atomic E-state index is 12.2. The maximum absolute atomic E-state index is 12.2. The largest absolute Gasteiger partial charge is 0.467 e. The Morgan fingerprint density at radius 2 is 1.73 bits per heavy atom. The topological polar surface area (TPSA) is 55.4 Å². The summed E-state index contributed by atoms with van der Waals surface area (Å²) in [5.74, 6) is -0.814. The van der Waals surface area contributed by atoms with Crippen molar-refractivity contribution in [2.75, 3.05) is 7.11 Å². The third-order valence-corrected chi connectivity index (χ3v) is 3.55. The quantitative estimate of drug-likeness (QED) is 0.863. The van der Waals surface area contributed by atoms with Crippen LogP contribution in [0.2, 0.25) is 5.02 Å². The molecule has 0 saturated carbocycles. The number of hydrogen-bond acceptors (Lipinski definition) is 3. The second-order valence-corrected chi connectivity index (χ2v) is 5.11. The van der Waals surface area contributed by atoms with Crippen molar-refractivity contribution >= 4 is 23.5 Å². The minimum Gasteiger partial charge on any atom is -0.467 e. The Labute approximate surface area is 134 Å². The molecule has 0 radical (unpaired) electrons. The third kappa shape index (κ3) is 4.09. The number of methoxy groups -OCH3 is 1. The second kappa shape index (κ2) is 7.61. The van der Waals surface area contributed by atoms with Crippen molar-refractivity contribution in [3.8, 4) is 0 Å². The Balaban J connectivity index is 2.12. The lowest BCUT2D eigenvalue weighted by Crippen LogP contribution is -2.35. The molecule has 5 heteroatoms. The van der Waals surface area contributed by atoms with E-state index in [9.17, 15) is 9.59 Å². The summed E-state index contributed by atoms with van der Waals surface area (Å²) < 4.78 is 4.76. The molecule has 22 heavy (non-hydrogen) atoms. The van der Waals surface area contributed by atoms with Gasteiger partial charge in [-0.2, -0.15) is 0 Å². The fourth-order valence-electron chi connectivity index (χ4n) is 2.07. The predicted molar refractivity (Wildman–Crippen MR) is 84.5 cm³/mol. The minimum absolute atomic E-state index is 0.0972. The molecule has 0 fully saturated rings. The van der Waals surface area contributed by atoms with Crippen molar-refractivity contribution in [3.63, 3.8) is 0 Å². The van der Waals surface area contributed by atoms with E-state index in [1.165, 1.54) is 7.11 Å². The summed E-state index contributed by atoms with van der Waals surface area (Å²) in [6.45, 7) is 0. The number of halogens is 1. The molecule has 0 bridgehead atoms. The fourth-order valence-corrected chi connectivity index (χ4v) is 2.27. The molecule has 0 aliphatic carbocycles. The maximum Gasteiger partial charge on any atom is 0.333 e. The molecule has 0 aliphatic heterocycles. The average Bonchev–Trinajstić information content (AvgIpc) is 2.55. The molecule has 2 aromatic carbocycles. The summed E-state index contributed by atoms with van der Waals surface area (Å²) in [5, 5.41) is 3.21. The molecule has 1 atom stereocenters. The Hall–Kier alpha value is -2.33. The van der Waals surface area contributed by atoms with Gasteiger partial charge in [-0.05, 0) is 17.2 Å². The fraction of sp³-hybridized carbons (Fsp3) is 0.176. The van der Waals surface area contributed by atoms with Gasteiger partial charge in [-0.3, -0.25) is 4.79 Å². The number of nitrogens with one attached hydrogen (secondary N) is 1. The third-order valence-electron chi connectivity index (χ3n) is 3.18. The van der Waals surface area contributed by atoms with E-state index in [0.29, 0.717) is 16.1 Å². The van der Waals surface area contributed by atoms with Gasteiger partial charge in [0.1, 0.15) is 0 Å². The number of esters is 1. The van der Waals surface area contributed by atoms with Crippen molar-refractivity contribution in [2.24, 2.45) is 0 Å². The highest BCUT2D eigenvalue weighted by Gasteiger charge is 2.23. The first-order chi connectivity index (χ1) is 10.6. The lowest BCUT2D eigenvalue weighted by atomic mass is 10.1. The molecular formula is C17H16ClNO3. The van der Waals surface area contributed by atoms with Crippen molar-refractivity contribution in [3.05, 3.63) is 70.7 Å². The van der Waals surface area contributed by atoms with Crippen molar-refractivity contribution in [1.29, 1.82) is 0 Å². The van der Waals surface area contributed by atoms with E-state index < -0.39 is 12.0 Å². The number of rotatable bonds is 5. The van der Waals surface area contributed by atoms with E-state index in [-0.39, 0.29) is 12.3 Å². The van der Waals surface area contributed by atoms with Gasteiger partial charge < -0.3 is 10.1 Å². The van der Waals surface area contributed by atoms with Crippen LogP contribution in [0.15, 0.2) is 54.6 Å². The van der Waals surface area contributed by atoms with Crippen LogP contribution >= 0.6 is 11.6 Å². The number of carbonyl (C=O) groups excluding carboxylic acids is 2. The summed E-state index contributed by atoms with van der Waals surface area (Å²) in [4.78, 5) is 24.1. The second-order valence-electron chi connectivity index (χ2n) is 4.70. The Kier molecular flexibility index (Phi) is 5.55. The van der Waals surface area contributed by atoms with Gasteiger partial charge in [0.15, 0.2) is 6.04 Å². The van der Waals surface area contributed by atoms with Crippen LogP contribution in [0.4, 0.5) is 0 Å². The zero-order valence-corrected chi connectivity index (χ0v) is 12.8. The standard InChI is InChI=1S/C17H16ClNO3/c1-22-17(21)16(12-7-3-2-4-8-12)19-15(20)11-13-9-5-6-10-14(13)18/h2-10,16H,11H2,1H3,(H,19,20). The van der Waals surface area contributed by atoms with Crippen LogP contribution in [0.1, 0.15) is 17.2 Å². The van der Waals surface area contributed by atoms with Crippen LogP contribution in [0.5, 0.6) is 0 Å². The minimum atomic E-state index is -0.832. The molecule has 2 rings (SSSR count). The van der Waals surface area contributed by atoms with Gasteiger partial charge in [-0.15, -0.1) is 0 Å². The molecule has 2 aromatic rings. The number of ether oxygens (including phenoxy) is 1. The number of amides is 1. The zero-order valence-electron chi connectivity index (χ0n) is 12.1. The summed E-state index contributed by atoms with van der Waals surface area (Å²) >= 11 is 6.04. The number of carbonyl (C=O) groups is 2. The Bertz CT molecular complexity index is 658. The highest BCUT2D eigenvalue weighted by atomic mass is 35.5. The van der Waals surface area contributed by atoms with E-state index >= 15 is 0 Å². The van der Waals surface area contributed by atoms with Gasteiger partial charge in [0, 0.05) is 5.02 Å². The lowest BCUT2D eigenvalue weighted by Gasteiger charge is -2.17. The van der Waals surface area contributed by atoms with Gasteiger partial charge >= 0.3 is 5.97 Å². The van der Waals surface area contributed by atoms with Gasteiger partial charge in [-0.1, -0.05) is 60.1 Å². The molecule has 0 spiro atoms. The lowest BCUT2D eigenvalue weighted by molar-refractivity contribution is -0.145. The smallest absolute Gasteiger partial charge is 0.333 e. The van der Waals surface area contributed by atoms with Gasteiger partial charge in [0.05, 0.1) is 13.5 Å². The first kappa shape index (κ1) is 16.0. The monoisotopic (exact) mass is 317 g/mol.